The second-order valence-electron chi connectivity index (χ2n) is 7.50. The summed E-state index contributed by atoms with van der Waals surface area (Å²) in [5, 5.41) is 0.717. The molecule has 5 rings (SSSR count). The maximum absolute atomic E-state index is 14.7. The second-order valence-corrected chi connectivity index (χ2v) is 7.50. The quantitative estimate of drug-likeness (QED) is 0.714. The van der Waals surface area contributed by atoms with Crippen molar-refractivity contribution in [3.8, 4) is 0 Å². The third-order valence-corrected chi connectivity index (χ3v) is 5.99. The number of rotatable bonds is 1. The molecule has 1 aromatic heterocycles. The fourth-order valence-electron chi connectivity index (χ4n) is 4.74. The average molecular weight is 362 g/mol. The van der Waals surface area contributed by atoms with Gasteiger partial charge in [-0.3, -0.25) is 4.79 Å². The molecular formula is C21H19FN4O. The molecule has 27 heavy (non-hydrogen) atoms. The number of carbonyl (C=O) groups excluding carboxylic acids is 1. The first-order valence-corrected chi connectivity index (χ1v) is 9.20. The van der Waals surface area contributed by atoms with Gasteiger partial charge in [0, 0.05) is 28.5 Å². The molecule has 1 amide bonds. The third kappa shape index (κ3) is 2.32. The van der Waals surface area contributed by atoms with Crippen LogP contribution in [0.3, 0.4) is 0 Å². The van der Waals surface area contributed by atoms with E-state index in [1.165, 1.54) is 12.4 Å². The van der Waals surface area contributed by atoms with E-state index in [0.717, 1.165) is 25.7 Å². The predicted octanol–water partition coefficient (Wildman–Crippen LogP) is 3.82. The number of aromatic nitrogens is 2. The number of nitrogen functional groups attached to an aromatic ring is 1. The van der Waals surface area contributed by atoms with Crippen LogP contribution in [0.5, 0.6) is 0 Å². The van der Waals surface area contributed by atoms with Crippen molar-refractivity contribution in [3.05, 3.63) is 59.7 Å². The van der Waals surface area contributed by atoms with Gasteiger partial charge in [0.1, 0.15) is 18.0 Å². The molecule has 0 atom stereocenters. The van der Waals surface area contributed by atoms with Crippen molar-refractivity contribution in [2.75, 3.05) is 17.2 Å². The first kappa shape index (κ1) is 16.2. The van der Waals surface area contributed by atoms with E-state index in [-0.39, 0.29) is 17.1 Å². The van der Waals surface area contributed by atoms with Crippen molar-refractivity contribution in [1.29, 1.82) is 0 Å². The van der Waals surface area contributed by atoms with Crippen LogP contribution < -0.4 is 10.6 Å². The molecule has 1 aliphatic heterocycles. The molecule has 5 nitrogen and oxygen atoms in total. The summed E-state index contributed by atoms with van der Waals surface area (Å²) in [5.41, 5.74) is 8.18. The Morgan fingerprint density at radius 2 is 1.96 bits per heavy atom. The number of anilines is 2. The second kappa shape index (κ2) is 5.74. The number of carbonyl (C=O) groups is 1. The van der Waals surface area contributed by atoms with E-state index in [0.29, 0.717) is 40.1 Å². The molecule has 1 spiro atoms. The fourth-order valence-corrected chi connectivity index (χ4v) is 4.74. The number of fused-ring (bicyclic) bond motifs is 3. The van der Waals surface area contributed by atoms with E-state index in [1.54, 1.807) is 29.2 Å². The molecule has 1 aliphatic carbocycles. The van der Waals surface area contributed by atoms with E-state index in [1.807, 2.05) is 6.07 Å². The van der Waals surface area contributed by atoms with Crippen molar-refractivity contribution in [3.63, 3.8) is 0 Å². The Morgan fingerprint density at radius 3 is 2.78 bits per heavy atom. The molecule has 0 radical (unpaired) electrons. The minimum absolute atomic E-state index is 0.135. The van der Waals surface area contributed by atoms with Crippen LogP contribution in [0.2, 0.25) is 0 Å². The van der Waals surface area contributed by atoms with Gasteiger partial charge in [-0.2, -0.15) is 0 Å². The van der Waals surface area contributed by atoms with Gasteiger partial charge in [0.2, 0.25) is 0 Å². The molecule has 0 bridgehead atoms. The highest BCUT2D eigenvalue weighted by atomic mass is 19.1. The molecule has 1 saturated carbocycles. The zero-order valence-electron chi connectivity index (χ0n) is 14.8. The van der Waals surface area contributed by atoms with Crippen molar-refractivity contribution >= 4 is 28.3 Å². The van der Waals surface area contributed by atoms with Crippen LogP contribution >= 0.6 is 0 Å². The first-order valence-electron chi connectivity index (χ1n) is 9.20. The van der Waals surface area contributed by atoms with Crippen molar-refractivity contribution < 1.29 is 9.18 Å². The number of halogens is 1. The molecule has 2 aromatic carbocycles. The summed E-state index contributed by atoms with van der Waals surface area (Å²) in [4.78, 5) is 23.2. The van der Waals surface area contributed by atoms with Gasteiger partial charge in [0.25, 0.3) is 5.91 Å². The molecule has 2 aliphatic rings. The van der Waals surface area contributed by atoms with Gasteiger partial charge in [-0.25, -0.2) is 14.4 Å². The van der Waals surface area contributed by atoms with Gasteiger partial charge >= 0.3 is 0 Å². The van der Waals surface area contributed by atoms with Crippen LogP contribution in [-0.2, 0) is 5.41 Å². The van der Waals surface area contributed by atoms with Crippen LogP contribution in [0, 0.1) is 5.82 Å². The number of benzene rings is 2. The molecule has 2 heterocycles. The highest BCUT2D eigenvalue weighted by Crippen LogP contribution is 2.51. The summed E-state index contributed by atoms with van der Waals surface area (Å²) >= 11 is 0. The summed E-state index contributed by atoms with van der Waals surface area (Å²) in [7, 11) is 0. The Kier molecular flexibility index (Phi) is 3.44. The Hall–Kier alpha value is -3.02. The van der Waals surface area contributed by atoms with E-state index in [2.05, 4.69) is 9.97 Å². The van der Waals surface area contributed by atoms with Crippen molar-refractivity contribution in [2.24, 2.45) is 0 Å². The Balaban J connectivity index is 1.59. The largest absolute Gasteiger partial charge is 0.383 e. The van der Waals surface area contributed by atoms with Gasteiger partial charge in [0.05, 0.1) is 11.2 Å². The molecule has 3 aromatic rings. The molecule has 1 fully saturated rings. The van der Waals surface area contributed by atoms with Crippen molar-refractivity contribution in [1.82, 2.24) is 9.97 Å². The summed E-state index contributed by atoms with van der Waals surface area (Å²) < 4.78 is 14.7. The lowest BCUT2D eigenvalue weighted by molar-refractivity contribution is 0.0985. The lowest BCUT2D eigenvalue weighted by atomic mass is 9.80. The van der Waals surface area contributed by atoms with Gasteiger partial charge < -0.3 is 10.6 Å². The van der Waals surface area contributed by atoms with E-state index in [9.17, 15) is 9.18 Å². The summed E-state index contributed by atoms with van der Waals surface area (Å²) in [6.07, 6.45) is 5.38. The van der Waals surface area contributed by atoms with Crippen LogP contribution in [0.25, 0.3) is 10.9 Å². The number of hydrogen-bond acceptors (Lipinski definition) is 4. The maximum atomic E-state index is 14.7. The first-order chi connectivity index (χ1) is 13.1. The SMILES string of the molecule is Nc1ncnc2cc(C(=O)N3CC4(CCCC4)c4c(F)cccc43)ccc12. The fraction of sp³-hybridized carbons (Fsp3) is 0.286. The standard InChI is InChI=1S/C21H19FN4O/c22-15-4-3-5-17-18(15)21(8-1-2-9-21)11-26(17)20(27)13-6-7-14-16(10-13)24-12-25-19(14)23/h3-7,10,12H,1-2,8-9,11H2,(H2,23,24,25). The van der Waals surface area contributed by atoms with Crippen LogP contribution in [-0.4, -0.2) is 22.4 Å². The monoisotopic (exact) mass is 362 g/mol. The highest BCUT2D eigenvalue weighted by Gasteiger charge is 2.48. The predicted molar refractivity (Wildman–Crippen MR) is 102 cm³/mol. The lowest BCUT2D eigenvalue weighted by Gasteiger charge is -2.25. The average Bonchev–Trinajstić information content (AvgIpc) is 3.27. The minimum atomic E-state index is -0.250. The molecule has 136 valence electrons. The van der Waals surface area contributed by atoms with Crippen LogP contribution in [0.1, 0.15) is 41.6 Å². The number of nitrogens with two attached hydrogens (primary N) is 1. The van der Waals surface area contributed by atoms with Crippen LogP contribution in [0.15, 0.2) is 42.7 Å². The molecule has 0 unspecified atom stereocenters. The maximum Gasteiger partial charge on any atom is 0.258 e. The van der Waals surface area contributed by atoms with Gasteiger partial charge in [-0.05, 0) is 43.2 Å². The smallest absolute Gasteiger partial charge is 0.258 e. The molecular weight excluding hydrogens is 343 g/mol. The Bertz CT molecular complexity index is 1070. The summed E-state index contributed by atoms with van der Waals surface area (Å²) in [5.74, 6) is 0.0472. The number of amides is 1. The van der Waals surface area contributed by atoms with E-state index < -0.39 is 0 Å². The van der Waals surface area contributed by atoms with Crippen LogP contribution in [0.4, 0.5) is 15.9 Å². The Labute approximate surface area is 156 Å². The van der Waals surface area contributed by atoms with Crippen molar-refractivity contribution in [2.45, 2.75) is 31.1 Å². The topological polar surface area (TPSA) is 72.1 Å². The highest BCUT2D eigenvalue weighted by molar-refractivity contribution is 6.09. The van der Waals surface area contributed by atoms with E-state index in [4.69, 9.17) is 5.73 Å². The molecule has 0 saturated heterocycles. The molecule has 2 N–H and O–H groups in total. The third-order valence-electron chi connectivity index (χ3n) is 5.99. The number of nitrogens with zero attached hydrogens (tertiary/aromatic N) is 3. The van der Waals surface area contributed by atoms with Gasteiger partial charge in [0.15, 0.2) is 0 Å². The summed E-state index contributed by atoms with van der Waals surface area (Å²) in [6.45, 7) is 0.534. The normalized spacial score (nSPS) is 17.6. The Morgan fingerprint density at radius 1 is 1.15 bits per heavy atom. The number of hydrogen-bond donors (Lipinski definition) is 1. The van der Waals surface area contributed by atoms with E-state index >= 15 is 0 Å². The molecule has 6 heteroatoms. The van der Waals surface area contributed by atoms with Gasteiger partial charge in [-0.15, -0.1) is 0 Å². The lowest BCUT2D eigenvalue weighted by Crippen LogP contribution is -2.35. The zero-order valence-corrected chi connectivity index (χ0v) is 14.8. The zero-order chi connectivity index (χ0) is 18.6. The minimum Gasteiger partial charge on any atom is -0.383 e. The van der Waals surface area contributed by atoms with Gasteiger partial charge in [-0.1, -0.05) is 18.9 Å². The summed E-state index contributed by atoms with van der Waals surface area (Å²) in [6, 6.07) is 10.3.